The van der Waals surface area contributed by atoms with Crippen molar-refractivity contribution in [1.82, 2.24) is 0 Å². The Morgan fingerprint density at radius 1 is 1.14 bits per heavy atom. The molecular weight excluding hydrogens is 400 g/mol. The highest BCUT2D eigenvalue weighted by atomic mass is 32.1. The SMILES string of the molecule is CCCC(=O)C(N)(C(=O)O)C(N)(C(=O)OCc1ccccc1)C(S)C(OC)OC. The number of rotatable bonds is 12. The van der Waals surface area contributed by atoms with Crippen LogP contribution in [0.15, 0.2) is 30.3 Å². The fourth-order valence-corrected chi connectivity index (χ4v) is 3.43. The molecule has 29 heavy (non-hydrogen) atoms. The summed E-state index contributed by atoms with van der Waals surface area (Å²) in [4.78, 5) is 37.9. The van der Waals surface area contributed by atoms with E-state index in [4.69, 9.17) is 25.7 Å². The zero-order valence-electron chi connectivity index (χ0n) is 16.7. The Balaban J connectivity index is 3.44. The van der Waals surface area contributed by atoms with Gasteiger partial charge in [-0.15, -0.1) is 0 Å². The molecule has 0 amide bonds. The standard InChI is InChI=1S/C19H28N2O7S/c1-4-8-13(22)18(20,16(23)24)19(21,14(29)15(26-2)27-3)17(25)28-11-12-9-6-5-7-10-12/h5-7,9-10,14-15,29H,4,8,11,20-21H2,1-3H3,(H,23,24). The van der Waals surface area contributed by atoms with Crippen LogP contribution in [0.25, 0.3) is 0 Å². The first-order valence-electron chi connectivity index (χ1n) is 8.90. The van der Waals surface area contributed by atoms with Gasteiger partial charge in [0.25, 0.3) is 0 Å². The van der Waals surface area contributed by atoms with E-state index in [1.165, 1.54) is 14.2 Å². The molecule has 0 saturated carbocycles. The van der Waals surface area contributed by atoms with Gasteiger partial charge in [-0.1, -0.05) is 37.3 Å². The van der Waals surface area contributed by atoms with Crippen molar-refractivity contribution in [3.63, 3.8) is 0 Å². The molecule has 9 nitrogen and oxygen atoms in total. The summed E-state index contributed by atoms with van der Waals surface area (Å²) in [6, 6.07) is 8.66. The van der Waals surface area contributed by atoms with Gasteiger partial charge in [-0.05, 0) is 12.0 Å². The van der Waals surface area contributed by atoms with E-state index in [9.17, 15) is 19.5 Å². The molecule has 0 aliphatic carbocycles. The minimum atomic E-state index is -2.82. The largest absolute Gasteiger partial charge is 0.479 e. The summed E-state index contributed by atoms with van der Waals surface area (Å²) in [5.41, 5.74) is 7.52. The third kappa shape index (κ3) is 4.96. The second-order valence-corrected chi connectivity index (χ2v) is 7.06. The van der Waals surface area contributed by atoms with Crippen molar-refractivity contribution in [2.75, 3.05) is 14.2 Å². The first kappa shape index (κ1) is 25.1. The highest BCUT2D eigenvalue weighted by Gasteiger charge is 2.66. The zero-order chi connectivity index (χ0) is 22.2. The number of carboxylic acid groups (broad SMARTS) is 1. The Morgan fingerprint density at radius 2 is 1.69 bits per heavy atom. The van der Waals surface area contributed by atoms with E-state index in [0.717, 1.165) is 0 Å². The molecule has 0 aromatic heterocycles. The number of Topliss-reactive ketones (excluding diaryl/α,β-unsaturated/α-hetero) is 1. The van der Waals surface area contributed by atoms with Crippen LogP contribution in [-0.2, 0) is 35.2 Å². The average Bonchev–Trinajstić information content (AvgIpc) is 2.72. The number of hydrogen-bond acceptors (Lipinski definition) is 9. The lowest BCUT2D eigenvalue weighted by molar-refractivity contribution is -0.173. The van der Waals surface area contributed by atoms with Crippen molar-refractivity contribution in [3.05, 3.63) is 35.9 Å². The van der Waals surface area contributed by atoms with Crippen LogP contribution in [-0.4, -0.2) is 59.7 Å². The van der Waals surface area contributed by atoms with Crippen molar-refractivity contribution in [1.29, 1.82) is 0 Å². The molecule has 0 bridgehead atoms. The number of thiol groups is 1. The van der Waals surface area contributed by atoms with Gasteiger partial charge < -0.3 is 30.8 Å². The molecule has 5 N–H and O–H groups in total. The number of aliphatic carboxylic acids is 1. The lowest BCUT2D eigenvalue weighted by Crippen LogP contribution is -2.82. The van der Waals surface area contributed by atoms with Crippen LogP contribution < -0.4 is 11.5 Å². The summed E-state index contributed by atoms with van der Waals surface area (Å²) in [6.07, 6.45) is -1.15. The number of nitrogens with two attached hydrogens (primary N) is 2. The number of ether oxygens (including phenoxy) is 3. The van der Waals surface area contributed by atoms with Crippen LogP contribution in [0.3, 0.4) is 0 Å². The molecule has 0 heterocycles. The number of ketones is 1. The van der Waals surface area contributed by atoms with Crippen LogP contribution >= 0.6 is 12.6 Å². The van der Waals surface area contributed by atoms with Gasteiger partial charge in [-0.3, -0.25) is 4.79 Å². The number of carbonyl (C=O) groups is 3. The first-order valence-corrected chi connectivity index (χ1v) is 9.42. The maximum absolute atomic E-state index is 13.1. The summed E-state index contributed by atoms with van der Waals surface area (Å²) in [6.45, 7) is 1.46. The topological polar surface area (TPSA) is 151 Å². The van der Waals surface area contributed by atoms with Crippen molar-refractivity contribution in [2.24, 2.45) is 11.5 Å². The highest BCUT2D eigenvalue weighted by molar-refractivity contribution is 7.81. The summed E-state index contributed by atoms with van der Waals surface area (Å²) < 4.78 is 15.4. The molecule has 0 fully saturated rings. The molecule has 3 atom stereocenters. The van der Waals surface area contributed by atoms with Gasteiger partial charge in [0.15, 0.2) is 17.6 Å². The third-order valence-electron chi connectivity index (χ3n) is 4.65. The number of methoxy groups -OCH3 is 2. The minimum absolute atomic E-state index is 0.207. The fraction of sp³-hybridized carbons (Fsp3) is 0.526. The van der Waals surface area contributed by atoms with Crippen molar-refractivity contribution >= 4 is 30.4 Å². The lowest BCUT2D eigenvalue weighted by Gasteiger charge is -2.44. The van der Waals surface area contributed by atoms with E-state index < -0.39 is 40.3 Å². The lowest BCUT2D eigenvalue weighted by atomic mass is 9.71. The molecular formula is C19H28N2O7S. The molecule has 0 aliphatic heterocycles. The van der Waals surface area contributed by atoms with Gasteiger partial charge >= 0.3 is 11.9 Å². The second kappa shape index (κ2) is 10.7. The number of benzene rings is 1. The van der Waals surface area contributed by atoms with E-state index in [2.05, 4.69) is 12.6 Å². The number of hydrogen-bond donors (Lipinski definition) is 4. The van der Waals surface area contributed by atoms with Crippen LogP contribution in [0, 0.1) is 0 Å². The Labute approximate surface area is 175 Å². The fourth-order valence-electron chi connectivity index (χ4n) is 2.88. The van der Waals surface area contributed by atoms with Crippen molar-refractivity contribution < 1.29 is 33.7 Å². The van der Waals surface area contributed by atoms with E-state index in [1.807, 2.05) is 0 Å². The monoisotopic (exact) mass is 428 g/mol. The van der Waals surface area contributed by atoms with Crippen LogP contribution in [0.1, 0.15) is 25.3 Å². The summed E-state index contributed by atoms with van der Waals surface area (Å²) >= 11 is 4.26. The average molecular weight is 429 g/mol. The van der Waals surface area contributed by atoms with Crippen LogP contribution in [0.5, 0.6) is 0 Å². The quantitative estimate of drug-likeness (QED) is 0.161. The van der Waals surface area contributed by atoms with E-state index >= 15 is 0 Å². The normalized spacial score (nSPS) is 16.5. The highest BCUT2D eigenvalue weighted by Crippen LogP contribution is 2.33. The van der Waals surface area contributed by atoms with Gasteiger partial charge in [-0.2, -0.15) is 12.6 Å². The first-order chi connectivity index (χ1) is 13.6. The molecule has 0 spiro atoms. The van der Waals surface area contributed by atoms with E-state index in [1.54, 1.807) is 37.3 Å². The Bertz CT molecular complexity index is 714. The zero-order valence-corrected chi connectivity index (χ0v) is 17.6. The summed E-state index contributed by atoms with van der Waals surface area (Å²) in [5.74, 6) is -3.92. The van der Waals surface area contributed by atoms with Crippen molar-refractivity contribution in [2.45, 2.75) is 49.0 Å². The number of carboxylic acids is 1. The summed E-state index contributed by atoms with van der Waals surface area (Å²) in [7, 11) is 2.50. The van der Waals surface area contributed by atoms with Gasteiger partial charge in [0, 0.05) is 20.6 Å². The molecule has 1 rings (SSSR count). The maximum Gasteiger partial charge on any atom is 0.334 e. The molecule has 10 heteroatoms. The molecule has 1 aromatic carbocycles. The molecule has 3 unspecified atom stereocenters. The molecule has 0 radical (unpaired) electrons. The van der Waals surface area contributed by atoms with Crippen LogP contribution in [0.4, 0.5) is 0 Å². The predicted octanol–water partition coefficient (Wildman–Crippen LogP) is 0.496. The third-order valence-corrected chi connectivity index (χ3v) is 5.30. The van der Waals surface area contributed by atoms with E-state index in [0.29, 0.717) is 12.0 Å². The minimum Gasteiger partial charge on any atom is -0.479 e. The predicted molar refractivity (Wildman–Crippen MR) is 108 cm³/mol. The Kier molecular flexibility index (Phi) is 9.24. The van der Waals surface area contributed by atoms with Gasteiger partial charge in [0.2, 0.25) is 5.54 Å². The smallest absolute Gasteiger partial charge is 0.334 e. The van der Waals surface area contributed by atoms with Crippen LogP contribution in [0.2, 0.25) is 0 Å². The van der Waals surface area contributed by atoms with E-state index in [-0.39, 0.29) is 13.0 Å². The second-order valence-electron chi connectivity index (χ2n) is 6.50. The summed E-state index contributed by atoms with van der Waals surface area (Å²) in [5, 5.41) is 8.38. The maximum atomic E-state index is 13.1. The number of carbonyl (C=O) groups excluding carboxylic acids is 2. The van der Waals surface area contributed by atoms with Gasteiger partial charge in [-0.25, -0.2) is 9.59 Å². The molecule has 0 saturated heterocycles. The van der Waals surface area contributed by atoms with Gasteiger partial charge in [0.1, 0.15) is 6.61 Å². The molecule has 0 aliphatic rings. The van der Waals surface area contributed by atoms with Crippen molar-refractivity contribution in [3.8, 4) is 0 Å². The number of esters is 1. The Morgan fingerprint density at radius 3 is 2.14 bits per heavy atom. The molecule has 162 valence electrons. The molecule has 1 aromatic rings. The Hall–Kier alpha value is -1.98. The van der Waals surface area contributed by atoms with Gasteiger partial charge in [0.05, 0.1) is 5.25 Å².